The van der Waals surface area contributed by atoms with Crippen LogP contribution in [0.25, 0.3) is 0 Å². The van der Waals surface area contributed by atoms with Gasteiger partial charge in [0.1, 0.15) is 0 Å². The monoisotopic (exact) mass is 271 g/mol. The molecule has 0 aromatic carbocycles. The highest BCUT2D eigenvalue weighted by atomic mass is 35.5. The van der Waals surface area contributed by atoms with E-state index in [-0.39, 0.29) is 10.8 Å². The van der Waals surface area contributed by atoms with Gasteiger partial charge in [0.2, 0.25) is 17.2 Å². The summed E-state index contributed by atoms with van der Waals surface area (Å²) in [6.45, 7) is 9.29. The Bertz CT molecular complexity index is 381. The minimum atomic E-state index is -0.0541. The number of hydrogen-bond donors (Lipinski definition) is 2. The first-order valence-electron chi connectivity index (χ1n) is 6.40. The molecule has 0 radical (unpaired) electrons. The third kappa shape index (κ3) is 5.04. The summed E-state index contributed by atoms with van der Waals surface area (Å²) in [4.78, 5) is 12.5. The average molecular weight is 272 g/mol. The van der Waals surface area contributed by atoms with E-state index in [1.165, 1.54) is 0 Å². The van der Waals surface area contributed by atoms with Crippen LogP contribution in [-0.4, -0.2) is 27.0 Å². The first kappa shape index (κ1) is 15.0. The van der Waals surface area contributed by atoms with Crippen molar-refractivity contribution in [1.82, 2.24) is 15.0 Å². The van der Waals surface area contributed by atoms with E-state index >= 15 is 0 Å². The zero-order chi connectivity index (χ0) is 13.6. The lowest BCUT2D eigenvalue weighted by molar-refractivity contribution is 0.506. The molecule has 0 atom stereocenters. The highest BCUT2D eigenvalue weighted by molar-refractivity contribution is 6.28. The van der Waals surface area contributed by atoms with Gasteiger partial charge in [-0.3, -0.25) is 0 Å². The summed E-state index contributed by atoms with van der Waals surface area (Å²) in [6.07, 6.45) is 3.14. The molecule has 0 saturated carbocycles. The molecule has 0 bridgehead atoms. The maximum Gasteiger partial charge on any atom is 0.229 e. The second-order valence-corrected chi connectivity index (χ2v) is 5.28. The molecule has 0 fully saturated rings. The van der Waals surface area contributed by atoms with Gasteiger partial charge in [-0.05, 0) is 38.3 Å². The lowest BCUT2D eigenvalue weighted by Crippen LogP contribution is -2.31. The van der Waals surface area contributed by atoms with Gasteiger partial charge in [0.05, 0.1) is 0 Å². The van der Waals surface area contributed by atoms with Crippen molar-refractivity contribution >= 4 is 23.5 Å². The van der Waals surface area contributed by atoms with Crippen molar-refractivity contribution in [3.63, 3.8) is 0 Å². The summed E-state index contributed by atoms with van der Waals surface area (Å²) in [5.74, 6) is 1.04. The molecule has 1 rings (SSSR count). The van der Waals surface area contributed by atoms with Crippen LogP contribution in [0.15, 0.2) is 0 Å². The van der Waals surface area contributed by atoms with Crippen LogP contribution in [0.5, 0.6) is 0 Å². The lowest BCUT2D eigenvalue weighted by Gasteiger charge is -2.25. The van der Waals surface area contributed by atoms with Crippen molar-refractivity contribution in [3.8, 4) is 0 Å². The van der Waals surface area contributed by atoms with Crippen LogP contribution < -0.4 is 10.6 Å². The predicted octanol–water partition coefficient (Wildman–Crippen LogP) is 3.34. The van der Waals surface area contributed by atoms with Crippen LogP contribution >= 0.6 is 11.6 Å². The van der Waals surface area contributed by atoms with Gasteiger partial charge >= 0.3 is 0 Å². The number of aromatic nitrogens is 3. The second-order valence-electron chi connectivity index (χ2n) is 4.94. The van der Waals surface area contributed by atoms with Crippen LogP contribution in [0.2, 0.25) is 5.28 Å². The van der Waals surface area contributed by atoms with E-state index in [0.29, 0.717) is 11.9 Å². The maximum atomic E-state index is 5.89. The molecule has 1 aromatic rings. The van der Waals surface area contributed by atoms with Gasteiger partial charge in [0.15, 0.2) is 0 Å². The molecule has 0 amide bonds. The molecule has 1 heterocycles. The number of hydrogen-bond acceptors (Lipinski definition) is 5. The largest absolute Gasteiger partial charge is 0.354 e. The highest BCUT2D eigenvalue weighted by Gasteiger charge is 2.18. The number of anilines is 2. The van der Waals surface area contributed by atoms with Gasteiger partial charge in [-0.25, -0.2) is 0 Å². The van der Waals surface area contributed by atoms with E-state index in [9.17, 15) is 0 Å². The quantitative estimate of drug-likeness (QED) is 0.796. The Hall–Kier alpha value is -1.10. The fraction of sp³-hybridized carbons (Fsp3) is 0.750. The standard InChI is InChI=1S/C12H22ClN5/c1-5-7-12(3,4)18-11-16-9(13)15-10(17-11)14-8-6-2/h5-8H2,1-4H3,(H2,14,15,16,17,18). The lowest BCUT2D eigenvalue weighted by atomic mass is 9.99. The van der Waals surface area contributed by atoms with E-state index in [1.54, 1.807) is 0 Å². The number of nitrogens with one attached hydrogen (secondary N) is 2. The Morgan fingerprint density at radius 1 is 1.06 bits per heavy atom. The highest BCUT2D eigenvalue weighted by Crippen LogP contribution is 2.18. The number of halogens is 1. The van der Waals surface area contributed by atoms with E-state index < -0.39 is 0 Å². The van der Waals surface area contributed by atoms with Crippen LogP contribution in [0, 0.1) is 0 Å². The zero-order valence-electron chi connectivity index (χ0n) is 11.5. The molecular formula is C12H22ClN5. The van der Waals surface area contributed by atoms with Gasteiger partial charge < -0.3 is 10.6 Å². The minimum Gasteiger partial charge on any atom is -0.354 e. The zero-order valence-corrected chi connectivity index (χ0v) is 12.3. The molecule has 0 unspecified atom stereocenters. The van der Waals surface area contributed by atoms with Gasteiger partial charge in [-0.2, -0.15) is 15.0 Å². The predicted molar refractivity (Wildman–Crippen MR) is 76.2 cm³/mol. The summed E-state index contributed by atoms with van der Waals surface area (Å²) in [5.41, 5.74) is -0.0541. The molecule has 6 heteroatoms. The molecule has 0 aliphatic carbocycles. The van der Waals surface area contributed by atoms with Crippen LogP contribution in [0.3, 0.4) is 0 Å². The number of rotatable bonds is 7. The first-order valence-corrected chi connectivity index (χ1v) is 6.78. The molecule has 0 aliphatic heterocycles. The first-order chi connectivity index (χ1) is 8.46. The average Bonchev–Trinajstić information content (AvgIpc) is 2.24. The Morgan fingerprint density at radius 2 is 1.72 bits per heavy atom. The summed E-state index contributed by atoms with van der Waals surface area (Å²) >= 11 is 5.89. The van der Waals surface area contributed by atoms with Crippen LogP contribution in [0.1, 0.15) is 47.0 Å². The van der Waals surface area contributed by atoms with Crippen molar-refractivity contribution in [1.29, 1.82) is 0 Å². The normalized spacial score (nSPS) is 11.4. The molecule has 0 saturated heterocycles. The van der Waals surface area contributed by atoms with Crippen LogP contribution in [0.4, 0.5) is 11.9 Å². The van der Waals surface area contributed by atoms with Crippen LogP contribution in [-0.2, 0) is 0 Å². The Morgan fingerprint density at radius 3 is 2.33 bits per heavy atom. The third-order valence-electron chi connectivity index (χ3n) is 2.47. The summed E-state index contributed by atoms with van der Waals surface area (Å²) in [7, 11) is 0. The topological polar surface area (TPSA) is 62.7 Å². The van der Waals surface area contributed by atoms with E-state index in [1.807, 2.05) is 0 Å². The summed E-state index contributed by atoms with van der Waals surface area (Å²) in [6, 6.07) is 0. The Kier molecular flexibility index (Phi) is 5.59. The molecule has 0 aliphatic rings. The number of nitrogens with zero attached hydrogens (tertiary/aromatic N) is 3. The van der Waals surface area contributed by atoms with Crippen molar-refractivity contribution in [2.75, 3.05) is 17.2 Å². The third-order valence-corrected chi connectivity index (χ3v) is 2.64. The van der Waals surface area contributed by atoms with E-state index in [4.69, 9.17) is 11.6 Å². The molecule has 1 aromatic heterocycles. The van der Waals surface area contributed by atoms with E-state index in [0.717, 1.165) is 25.8 Å². The molecule has 2 N–H and O–H groups in total. The SMILES string of the molecule is CCCNc1nc(Cl)nc(NC(C)(C)CCC)n1. The Balaban J connectivity index is 2.79. The molecule has 18 heavy (non-hydrogen) atoms. The fourth-order valence-corrected chi connectivity index (χ4v) is 1.87. The van der Waals surface area contributed by atoms with Crippen molar-refractivity contribution in [3.05, 3.63) is 5.28 Å². The minimum absolute atomic E-state index is 0.0541. The van der Waals surface area contributed by atoms with E-state index in [2.05, 4.69) is 53.3 Å². The molecule has 0 spiro atoms. The van der Waals surface area contributed by atoms with Crippen molar-refractivity contribution in [2.24, 2.45) is 0 Å². The maximum absolute atomic E-state index is 5.89. The van der Waals surface area contributed by atoms with Crippen molar-refractivity contribution < 1.29 is 0 Å². The molecular weight excluding hydrogens is 250 g/mol. The second kappa shape index (κ2) is 6.73. The van der Waals surface area contributed by atoms with Gasteiger partial charge in [-0.1, -0.05) is 20.3 Å². The fourth-order valence-electron chi connectivity index (χ4n) is 1.71. The van der Waals surface area contributed by atoms with Gasteiger partial charge in [0.25, 0.3) is 0 Å². The van der Waals surface area contributed by atoms with Gasteiger partial charge in [0, 0.05) is 12.1 Å². The van der Waals surface area contributed by atoms with Gasteiger partial charge in [-0.15, -0.1) is 0 Å². The molecule has 102 valence electrons. The van der Waals surface area contributed by atoms with Crippen molar-refractivity contribution in [2.45, 2.75) is 52.5 Å². The Labute approximate surface area is 114 Å². The smallest absolute Gasteiger partial charge is 0.229 e. The molecule has 5 nitrogen and oxygen atoms in total. The summed E-state index contributed by atoms with van der Waals surface area (Å²) in [5, 5.41) is 6.60. The summed E-state index contributed by atoms with van der Waals surface area (Å²) < 4.78 is 0.